The van der Waals surface area contributed by atoms with E-state index in [1.54, 1.807) is 19.1 Å². The van der Waals surface area contributed by atoms with Crippen LogP contribution in [0.2, 0.25) is 0 Å². The number of carbonyl (C=O) groups excluding carboxylic acids is 2. The Bertz CT molecular complexity index is 1070. The minimum Gasteiger partial charge on any atom is -0.454 e. The smallest absolute Gasteiger partial charge is 0.244 e. The summed E-state index contributed by atoms with van der Waals surface area (Å²) in [5.74, 6) is 0.0926. The van der Waals surface area contributed by atoms with Crippen molar-refractivity contribution in [3.8, 4) is 11.5 Å². The van der Waals surface area contributed by atoms with E-state index >= 15 is 0 Å². The predicted molar refractivity (Wildman–Crippen MR) is 120 cm³/mol. The van der Waals surface area contributed by atoms with Crippen molar-refractivity contribution in [1.82, 2.24) is 10.2 Å². The summed E-state index contributed by atoms with van der Waals surface area (Å²) in [6.07, 6.45) is 1.55. The van der Waals surface area contributed by atoms with E-state index in [1.807, 2.05) is 30.3 Å². The molecule has 2 amide bonds. The van der Waals surface area contributed by atoms with Gasteiger partial charge in [-0.3, -0.25) is 13.9 Å². The summed E-state index contributed by atoms with van der Waals surface area (Å²) in [5.41, 5.74) is 1.28. The molecule has 0 aromatic heterocycles. The van der Waals surface area contributed by atoms with E-state index < -0.39 is 28.5 Å². The number of fused-ring (bicyclic) bond motifs is 1. The summed E-state index contributed by atoms with van der Waals surface area (Å²) in [4.78, 5) is 27.0. The highest BCUT2D eigenvalue weighted by atomic mass is 32.2. The van der Waals surface area contributed by atoms with E-state index in [0.29, 0.717) is 17.9 Å². The summed E-state index contributed by atoms with van der Waals surface area (Å²) in [5, 5.41) is 2.55. The zero-order chi connectivity index (χ0) is 23.3. The predicted octanol–water partition coefficient (Wildman–Crippen LogP) is 1.39. The normalized spacial score (nSPS) is 13.3. The minimum absolute atomic E-state index is 0.0491. The van der Waals surface area contributed by atoms with E-state index in [0.717, 1.165) is 16.1 Å². The van der Waals surface area contributed by atoms with Crippen molar-refractivity contribution >= 4 is 27.5 Å². The highest BCUT2D eigenvalue weighted by molar-refractivity contribution is 7.92. The van der Waals surface area contributed by atoms with Gasteiger partial charge in [-0.05, 0) is 31.0 Å². The molecule has 3 rings (SSSR count). The Balaban J connectivity index is 1.84. The number of carbonyl (C=O) groups is 2. The molecule has 2 aromatic carbocycles. The van der Waals surface area contributed by atoms with Crippen molar-refractivity contribution in [2.75, 3.05) is 37.5 Å². The SMILES string of the molecule is CNC(=O)[C@@H](C)N(CCc1ccccc1)C(=O)CN(c1ccc2c(c1)OCO2)S(C)(=O)=O. The number of ether oxygens (including phenoxy) is 2. The zero-order valence-corrected chi connectivity index (χ0v) is 19.1. The maximum absolute atomic E-state index is 13.3. The summed E-state index contributed by atoms with van der Waals surface area (Å²) in [6, 6.07) is 13.5. The molecule has 0 saturated carbocycles. The first kappa shape index (κ1) is 23.4. The average molecular weight is 462 g/mol. The molecule has 10 heteroatoms. The first-order chi connectivity index (χ1) is 15.2. The van der Waals surface area contributed by atoms with Gasteiger partial charge in [0.2, 0.25) is 28.6 Å². The largest absolute Gasteiger partial charge is 0.454 e. The minimum atomic E-state index is -3.79. The van der Waals surface area contributed by atoms with Crippen LogP contribution in [0, 0.1) is 0 Å². The van der Waals surface area contributed by atoms with E-state index in [4.69, 9.17) is 9.47 Å². The Labute approximate surface area is 188 Å². The van der Waals surface area contributed by atoms with Gasteiger partial charge in [-0.2, -0.15) is 0 Å². The fourth-order valence-electron chi connectivity index (χ4n) is 3.43. The van der Waals surface area contributed by atoms with Crippen molar-refractivity contribution in [2.45, 2.75) is 19.4 Å². The summed E-state index contributed by atoms with van der Waals surface area (Å²) in [7, 11) is -2.30. The molecule has 1 aliphatic rings. The van der Waals surface area contributed by atoms with Crippen LogP contribution in [0.4, 0.5) is 5.69 Å². The summed E-state index contributed by atoms with van der Waals surface area (Å²) < 4.78 is 36.7. The molecule has 172 valence electrons. The zero-order valence-electron chi connectivity index (χ0n) is 18.3. The molecule has 0 spiro atoms. The maximum Gasteiger partial charge on any atom is 0.244 e. The molecular formula is C22H27N3O6S. The van der Waals surface area contributed by atoms with Crippen LogP contribution in [0.25, 0.3) is 0 Å². The van der Waals surface area contributed by atoms with Crippen LogP contribution in [-0.4, -0.2) is 64.4 Å². The van der Waals surface area contributed by atoms with Gasteiger partial charge in [0, 0.05) is 19.7 Å². The topological polar surface area (TPSA) is 105 Å². The molecule has 0 radical (unpaired) electrons. The second kappa shape index (κ2) is 9.90. The van der Waals surface area contributed by atoms with Crippen LogP contribution in [0.5, 0.6) is 11.5 Å². The van der Waals surface area contributed by atoms with E-state index in [1.165, 1.54) is 18.0 Å². The highest BCUT2D eigenvalue weighted by Gasteiger charge is 2.30. The Kier molecular flexibility index (Phi) is 7.24. The van der Waals surface area contributed by atoms with Crippen molar-refractivity contribution < 1.29 is 27.5 Å². The van der Waals surface area contributed by atoms with Crippen LogP contribution >= 0.6 is 0 Å². The molecule has 1 atom stereocenters. The number of hydrogen-bond acceptors (Lipinski definition) is 6. The van der Waals surface area contributed by atoms with Gasteiger partial charge in [-0.15, -0.1) is 0 Å². The van der Waals surface area contributed by atoms with Crippen molar-refractivity contribution in [3.05, 3.63) is 54.1 Å². The highest BCUT2D eigenvalue weighted by Crippen LogP contribution is 2.36. The standard InChI is InChI=1S/C22H27N3O6S/c1-16(22(27)23-2)24(12-11-17-7-5-4-6-8-17)21(26)14-25(32(3,28)29)18-9-10-19-20(13-18)31-15-30-19/h4-10,13,16H,11-12,14-15H2,1-3H3,(H,23,27)/t16-/m1/s1. The van der Waals surface area contributed by atoms with Crippen LogP contribution in [-0.2, 0) is 26.0 Å². The van der Waals surface area contributed by atoms with Crippen LogP contribution in [0.1, 0.15) is 12.5 Å². The number of amides is 2. The van der Waals surface area contributed by atoms with Gasteiger partial charge in [0.15, 0.2) is 11.5 Å². The lowest BCUT2D eigenvalue weighted by atomic mass is 10.1. The number of rotatable bonds is 9. The van der Waals surface area contributed by atoms with E-state index in [-0.39, 0.29) is 24.9 Å². The molecule has 9 nitrogen and oxygen atoms in total. The van der Waals surface area contributed by atoms with Gasteiger partial charge in [0.25, 0.3) is 0 Å². The molecule has 0 saturated heterocycles. The number of anilines is 1. The Hall–Kier alpha value is -3.27. The number of hydrogen-bond donors (Lipinski definition) is 1. The second-order valence-corrected chi connectivity index (χ2v) is 9.33. The Morgan fingerprint density at radius 2 is 1.78 bits per heavy atom. The van der Waals surface area contributed by atoms with Crippen LogP contribution < -0.4 is 19.1 Å². The third kappa shape index (κ3) is 5.50. The molecule has 1 heterocycles. The van der Waals surface area contributed by atoms with Crippen LogP contribution in [0.15, 0.2) is 48.5 Å². The lowest BCUT2D eigenvalue weighted by Crippen LogP contribution is -2.51. The van der Waals surface area contributed by atoms with Crippen molar-refractivity contribution in [1.29, 1.82) is 0 Å². The molecular weight excluding hydrogens is 434 g/mol. The third-order valence-corrected chi connectivity index (χ3v) is 6.36. The molecule has 0 fully saturated rings. The molecule has 1 aliphatic heterocycles. The molecule has 0 bridgehead atoms. The summed E-state index contributed by atoms with van der Waals surface area (Å²) >= 11 is 0. The number of benzene rings is 2. The lowest BCUT2D eigenvalue weighted by Gasteiger charge is -2.31. The van der Waals surface area contributed by atoms with Crippen molar-refractivity contribution in [2.24, 2.45) is 0 Å². The van der Waals surface area contributed by atoms with Gasteiger partial charge in [0.1, 0.15) is 12.6 Å². The quantitative estimate of drug-likeness (QED) is 0.605. The van der Waals surface area contributed by atoms with Gasteiger partial charge in [-0.1, -0.05) is 30.3 Å². The number of likely N-dealkylation sites (N-methyl/N-ethyl adjacent to an activating group) is 1. The number of nitrogens with one attached hydrogen (secondary N) is 1. The average Bonchev–Trinajstić information content (AvgIpc) is 3.24. The van der Waals surface area contributed by atoms with Gasteiger partial charge < -0.3 is 19.7 Å². The molecule has 0 unspecified atom stereocenters. The summed E-state index contributed by atoms with van der Waals surface area (Å²) in [6.45, 7) is 1.48. The molecule has 2 aromatic rings. The van der Waals surface area contributed by atoms with E-state index in [9.17, 15) is 18.0 Å². The molecule has 0 aliphatic carbocycles. The number of nitrogens with zero attached hydrogens (tertiary/aromatic N) is 2. The number of sulfonamides is 1. The molecule has 1 N–H and O–H groups in total. The second-order valence-electron chi connectivity index (χ2n) is 7.42. The first-order valence-corrected chi connectivity index (χ1v) is 12.0. The fourth-order valence-corrected chi connectivity index (χ4v) is 4.27. The Morgan fingerprint density at radius 3 is 2.44 bits per heavy atom. The van der Waals surface area contributed by atoms with Gasteiger partial charge in [-0.25, -0.2) is 8.42 Å². The lowest BCUT2D eigenvalue weighted by molar-refractivity contribution is -0.138. The fraction of sp³-hybridized carbons (Fsp3) is 0.364. The Morgan fingerprint density at radius 1 is 1.09 bits per heavy atom. The molecule has 32 heavy (non-hydrogen) atoms. The first-order valence-electron chi connectivity index (χ1n) is 10.1. The van der Waals surface area contributed by atoms with Gasteiger partial charge >= 0.3 is 0 Å². The van der Waals surface area contributed by atoms with Crippen LogP contribution in [0.3, 0.4) is 0 Å². The van der Waals surface area contributed by atoms with Gasteiger partial charge in [0.05, 0.1) is 11.9 Å². The van der Waals surface area contributed by atoms with E-state index in [2.05, 4.69) is 5.32 Å². The van der Waals surface area contributed by atoms with Crippen molar-refractivity contribution in [3.63, 3.8) is 0 Å². The monoisotopic (exact) mass is 461 g/mol. The third-order valence-electron chi connectivity index (χ3n) is 5.22. The maximum atomic E-state index is 13.3.